The molecule has 0 amide bonds. The number of hydrogen-bond acceptors (Lipinski definition) is 7. The van der Waals surface area contributed by atoms with Crippen molar-refractivity contribution in [3.63, 3.8) is 0 Å². The largest absolute Gasteiger partial charge is 0.438 e. The molecule has 0 saturated heterocycles. The fourth-order valence-corrected chi connectivity index (χ4v) is 4.53. The number of para-hydroxylation sites is 1. The SMILES string of the molecule is N#CC1=C(N)Oc2c(c(Nc3ccccc3)nc3c(=O)[nH]sc23)[C@@H]1c1ccc(Cl)cc1. The number of aromatic nitrogens is 2. The van der Waals surface area contributed by atoms with Crippen LogP contribution in [0.25, 0.3) is 10.2 Å². The van der Waals surface area contributed by atoms with Gasteiger partial charge in [0.1, 0.15) is 22.2 Å². The van der Waals surface area contributed by atoms with Crippen molar-refractivity contribution in [2.75, 3.05) is 5.32 Å². The molecule has 0 radical (unpaired) electrons. The van der Waals surface area contributed by atoms with Crippen LogP contribution >= 0.6 is 23.1 Å². The topological polar surface area (TPSA) is 117 Å². The number of benzene rings is 2. The van der Waals surface area contributed by atoms with E-state index in [2.05, 4.69) is 20.7 Å². The van der Waals surface area contributed by atoms with Gasteiger partial charge in [0.2, 0.25) is 5.88 Å². The zero-order valence-electron chi connectivity index (χ0n) is 15.8. The molecule has 2 aromatic carbocycles. The molecule has 0 aliphatic carbocycles. The van der Waals surface area contributed by atoms with Crippen LogP contribution in [-0.2, 0) is 0 Å². The smallest absolute Gasteiger partial charge is 0.284 e. The van der Waals surface area contributed by atoms with Gasteiger partial charge in [-0.25, -0.2) is 4.98 Å². The van der Waals surface area contributed by atoms with Gasteiger partial charge in [0.25, 0.3) is 5.56 Å². The van der Waals surface area contributed by atoms with E-state index >= 15 is 0 Å². The summed E-state index contributed by atoms with van der Waals surface area (Å²) < 4.78 is 9.13. The molecule has 0 unspecified atom stereocenters. The molecule has 5 rings (SSSR count). The van der Waals surface area contributed by atoms with E-state index in [9.17, 15) is 10.1 Å². The third kappa shape index (κ3) is 3.20. The van der Waals surface area contributed by atoms with E-state index in [0.29, 0.717) is 26.9 Å². The van der Waals surface area contributed by atoms with E-state index in [0.717, 1.165) is 22.8 Å². The maximum Gasteiger partial charge on any atom is 0.284 e. The highest BCUT2D eigenvalue weighted by Crippen LogP contribution is 2.49. The molecule has 152 valence electrons. The molecule has 4 N–H and O–H groups in total. The van der Waals surface area contributed by atoms with Gasteiger partial charge in [-0.3, -0.25) is 9.17 Å². The van der Waals surface area contributed by atoms with Crippen molar-refractivity contribution in [1.29, 1.82) is 5.26 Å². The molecule has 31 heavy (non-hydrogen) atoms. The molecule has 4 aromatic rings. The zero-order valence-corrected chi connectivity index (χ0v) is 17.4. The quantitative estimate of drug-likeness (QED) is 0.422. The van der Waals surface area contributed by atoms with Crippen molar-refractivity contribution in [2.24, 2.45) is 5.73 Å². The van der Waals surface area contributed by atoms with Gasteiger partial charge in [-0.05, 0) is 29.8 Å². The number of halogens is 1. The fraction of sp³-hybridized carbons (Fsp3) is 0.0455. The first-order chi connectivity index (χ1) is 15.1. The lowest BCUT2D eigenvalue weighted by molar-refractivity contribution is 0.399. The lowest BCUT2D eigenvalue weighted by Gasteiger charge is -2.28. The van der Waals surface area contributed by atoms with Gasteiger partial charge >= 0.3 is 0 Å². The van der Waals surface area contributed by atoms with Crippen LogP contribution < -0.4 is 21.3 Å². The Morgan fingerprint density at radius 3 is 2.65 bits per heavy atom. The van der Waals surface area contributed by atoms with Crippen LogP contribution in [0.4, 0.5) is 11.5 Å². The summed E-state index contributed by atoms with van der Waals surface area (Å²) in [6.07, 6.45) is 0. The number of rotatable bonds is 3. The van der Waals surface area contributed by atoms with E-state index in [1.54, 1.807) is 12.1 Å². The number of nitriles is 1. The number of nitrogens with two attached hydrogens (primary N) is 1. The van der Waals surface area contributed by atoms with Gasteiger partial charge in [0, 0.05) is 10.7 Å². The predicted octanol–water partition coefficient (Wildman–Crippen LogP) is 4.60. The zero-order chi connectivity index (χ0) is 21.5. The van der Waals surface area contributed by atoms with Crippen LogP contribution in [-0.4, -0.2) is 9.36 Å². The summed E-state index contributed by atoms with van der Waals surface area (Å²) in [6, 6.07) is 18.8. The van der Waals surface area contributed by atoms with Crippen molar-refractivity contribution in [3.8, 4) is 11.8 Å². The Kier molecular flexibility index (Phi) is 4.62. The summed E-state index contributed by atoms with van der Waals surface area (Å²) in [5, 5.41) is 13.7. The summed E-state index contributed by atoms with van der Waals surface area (Å²) in [5.41, 5.74) is 8.53. The van der Waals surface area contributed by atoms with Crippen molar-refractivity contribution < 1.29 is 4.74 Å². The van der Waals surface area contributed by atoms with Crippen LogP contribution in [0.15, 0.2) is 70.8 Å². The summed E-state index contributed by atoms with van der Waals surface area (Å²) in [5.74, 6) is 0.265. The van der Waals surface area contributed by atoms with Crippen LogP contribution in [0.1, 0.15) is 17.0 Å². The molecule has 0 bridgehead atoms. The first-order valence-corrected chi connectivity index (χ1v) is 10.5. The number of fused-ring (bicyclic) bond motifs is 3. The van der Waals surface area contributed by atoms with E-state index < -0.39 is 5.92 Å². The van der Waals surface area contributed by atoms with Crippen molar-refractivity contribution in [2.45, 2.75) is 5.92 Å². The lowest BCUT2D eigenvalue weighted by Crippen LogP contribution is -2.23. The van der Waals surface area contributed by atoms with Crippen molar-refractivity contribution in [3.05, 3.63) is 92.6 Å². The van der Waals surface area contributed by atoms with Crippen LogP contribution in [0, 0.1) is 11.3 Å². The third-order valence-corrected chi connectivity index (χ3v) is 6.14. The van der Waals surface area contributed by atoms with Crippen LogP contribution in [0.3, 0.4) is 0 Å². The number of anilines is 2. The molecule has 7 nitrogen and oxygen atoms in total. The van der Waals surface area contributed by atoms with Gasteiger partial charge in [-0.2, -0.15) is 5.26 Å². The van der Waals surface area contributed by atoms with Crippen molar-refractivity contribution >= 4 is 44.9 Å². The van der Waals surface area contributed by atoms with Gasteiger partial charge in [0.05, 0.1) is 11.5 Å². The van der Waals surface area contributed by atoms with Crippen LogP contribution in [0.5, 0.6) is 5.75 Å². The Morgan fingerprint density at radius 1 is 1.19 bits per heavy atom. The second-order valence-electron chi connectivity index (χ2n) is 6.88. The minimum absolute atomic E-state index is 0.00559. The average Bonchev–Trinajstić information content (AvgIpc) is 3.15. The molecule has 1 aliphatic heterocycles. The Bertz CT molecular complexity index is 1440. The standard InChI is InChI=1S/C22H14ClN5O2S/c23-12-8-6-11(7-9-12)15-14(10-24)20(25)30-18-16(15)21(26-13-4-2-1-3-5-13)27-17-19(18)31-28-22(17)29/h1-9,15H,25H2,(H,26,27)(H,28,29)/t15-/m1/s1. The molecular formula is C22H14ClN5O2S. The Hall–Kier alpha value is -3.80. The average molecular weight is 448 g/mol. The number of H-pyrrole nitrogens is 1. The van der Waals surface area contributed by atoms with E-state index in [4.69, 9.17) is 22.1 Å². The number of ether oxygens (including phenoxy) is 1. The molecule has 1 aliphatic rings. The van der Waals surface area contributed by atoms with Gasteiger partial charge in [-0.15, -0.1) is 0 Å². The normalized spacial score (nSPS) is 15.3. The number of nitrogens with zero attached hydrogens (tertiary/aromatic N) is 2. The fourth-order valence-electron chi connectivity index (χ4n) is 3.64. The van der Waals surface area contributed by atoms with Crippen LogP contribution in [0.2, 0.25) is 5.02 Å². The third-order valence-electron chi connectivity index (χ3n) is 5.02. The molecule has 3 heterocycles. The number of allylic oxidation sites excluding steroid dienone is 1. The summed E-state index contributed by atoms with van der Waals surface area (Å²) in [6.45, 7) is 0. The number of pyridine rings is 1. The Balaban J connectivity index is 1.82. The molecule has 0 saturated carbocycles. The van der Waals surface area contributed by atoms with Gasteiger partial charge in [0.15, 0.2) is 11.3 Å². The summed E-state index contributed by atoms with van der Waals surface area (Å²) in [4.78, 5) is 17.0. The summed E-state index contributed by atoms with van der Waals surface area (Å²) in [7, 11) is 0. The van der Waals surface area contributed by atoms with Gasteiger partial charge in [-0.1, -0.05) is 53.5 Å². The Labute approximate surface area is 185 Å². The maximum absolute atomic E-state index is 12.4. The first-order valence-electron chi connectivity index (χ1n) is 9.27. The Morgan fingerprint density at radius 2 is 1.94 bits per heavy atom. The van der Waals surface area contributed by atoms with E-state index in [1.165, 1.54) is 0 Å². The minimum atomic E-state index is -0.550. The monoisotopic (exact) mass is 447 g/mol. The van der Waals surface area contributed by atoms with E-state index in [-0.39, 0.29) is 22.5 Å². The predicted molar refractivity (Wildman–Crippen MR) is 121 cm³/mol. The molecule has 9 heteroatoms. The summed E-state index contributed by atoms with van der Waals surface area (Å²) >= 11 is 7.20. The molecule has 1 atom stereocenters. The highest BCUT2D eigenvalue weighted by Gasteiger charge is 2.36. The first kappa shape index (κ1) is 19.2. The number of nitrogens with one attached hydrogen (secondary N) is 2. The second-order valence-corrected chi connectivity index (χ2v) is 8.13. The number of hydrogen-bond donors (Lipinski definition) is 3. The molecule has 2 aromatic heterocycles. The van der Waals surface area contributed by atoms with Crippen molar-refractivity contribution in [1.82, 2.24) is 9.36 Å². The second kappa shape index (κ2) is 7.47. The molecular weight excluding hydrogens is 434 g/mol. The lowest BCUT2D eigenvalue weighted by atomic mass is 9.83. The maximum atomic E-state index is 12.4. The highest BCUT2D eigenvalue weighted by atomic mass is 35.5. The van der Waals surface area contributed by atoms with E-state index in [1.807, 2.05) is 42.5 Å². The molecule has 0 fully saturated rings. The highest BCUT2D eigenvalue weighted by molar-refractivity contribution is 7.13. The van der Waals surface area contributed by atoms with Gasteiger partial charge < -0.3 is 15.8 Å². The molecule has 0 spiro atoms. The minimum Gasteiger partial charge on any atom is -0.438 e. The number of aromatic amines is 1.